The number of H-pyrrole nitrogens is 1. The van der Waals surface area contributed by atoms with Crippen LogP contribution in [0, 0.1) is 11.6 Å². The number of ether oxygens (including phenoxy) is 1. The quantitative estimate of drug-likeness (QED) is 0.274. The molecule has 1 aliphatic heterocycles. The summed E-state index contributed by atoms with van der Waals surface area (Å²) < 4.78 is 37.2. The normalized spacial score (nSPS) is 18.2. The van der Waals surface area contributed by atoms with E-state index in [-0.39, 0.29) is 11.1 Å². The van der Waals surface area contributed by atoms with Crippen LogP contribution in [0.25, 0.3) is 22.0 Å². The first kappa shape index (κ1) is 23.5. The van der Waals surface area contributed by atoms with Gasteiger partial charge in [0.05, 0.1) is 16.6 Å². The summed E-state index contributed by atoms with van der Waals surface area (Å²) >= 11 is 0. The Balaban J connectivity index is 1.49. The van der Waals surface area contributed by atoms with Crippen molar-refractivity contribution in [2.75, 3.05) is 10.6 Å². The van der Waals surface area contributed by atoms with E-state index in [0.717, 1.165) is 5.39 Å². The number of benzene rings is 3. The molecule has 0 bridgehead atoms. The Hall–Kier alpha value is -4.20. The second kappa shape index (κ2) is 8.78. The molecule has 8 heteroatoms. The summed E-state index contributed by atoms with van der Waals surface area (Å²) in [5, 5.41) is 6.64. The zero-order chi connectivity index (χ0) is 25.6. The highest BCUT2D eigenvalue weighted by Crippen LogP contribution is 2.46. The van der Waals surface area contributed by atoms with Gasteiger partial charge in [0.2, 0.25) is 0 Å². The van der Waals surface area contributed by atoms with Crippen LogP contribution in [0.3, 0.4) is 0 Å². The number of nitrogens with one attached hydrogen (secondary N) is 3. The molecule has 5 rings (SSSR count). The number of halogens is 2. The number of carbonyl (C=O) groups is 2. The van der Waals surface area contributed by atoms with Crippen LogP contribution in [0.1, 0.15) is 42.6 Å². The van der Waals surface area contributed by atoms with Gasteiger partial charge in [-0.25, -0.2) is 13.6 Å². The first-order chi connectivity index (χ1) is 17.2. The van der Waals surface area contributed by atoms with E-state index in [1.165, 1.54) is 6.07 Å². The van der Waals surface area contributed by atoms with E-state index in [9.17, 15) is 9.59 Å². The lowest BCUT2D eigenvalue weighted by molar-refractivity contribution is 0.0560. The van der Waals surface area contributed by atoms with Gasteiger partial charge in [0.15, 0.2) is 0 Å². The molecule has 3 aromatic carbocycles. The standard InChI is InChI=1S/C28H25F2N3O3/c1-15-22-21(13-20(29)23(24(22)30)19-6-4-5-17-11-12-31-25(17)19)33-28(2,3)26(15)36-27(35)32-18-9-7-16(14-34)8-10-18/h4-15,26,31,33H,1-3H3,(H,32,35)/t15-,26?/m0/s1. The first-order valence-corrected chi connectivity index (χ1v) is 11.6. The summed E-state index contributed by atoms with van der Waals surface area (Å²) in [6, 6.07) is 14.8. The molecular weight excluding hydrogens is 464 g/mol. The summed E-state index contributed by atoms with van der Waals surface area (Å²) in [4.78, 5) is 26.7. The summed E-state index contributed by atoms with van der Waals surface area (Å²) in [6.07, 6.45) is 0.944. The third-order valence-corrected chi connectivity index (χ3v) is 6.72. The van der Waals surface area contributed by atoms with E-state index in [1.807, 2.05) is 26.0 Å². The molecular formula is C28H25F2N3O3. The van der Waals surface area contributed by atoms with E-state index in [2.05, 4.69) is 15.6 Å². The average molecular weight is 490 g/mol. The fraction of sp³-hybridized carbons (Fsp3) is 0.214. The molecule has 0 spiro atoms. The number of rotatable bonds is 4. The maximum atomic E-state index is 16.1. The van der Waals surface area contributed by atoms with Crippen LogP contribution in [0.15, 0.2) is 60.8 Å². The number of aldehydes is 1. The Kier molecular flexibility index (Phi) is 5.74. The number of hydrogen-bond donors (Lipinski definition) is 3. The maximum absolute atomic E-state index is 16.1. The lowest BCUT2D eigenvalue weighted by Crippen LogP contribution is -2.52. The van der Waals surface area contributed by atoms with E-state index in [0.29, 0.717) is 34.3 Å². The number of aromatic amines is 1. The topological polar surface area (TPSA) is 83.2 Å². The Morgan fingerprint density at radius 2 is 1.86 bits per heavy atom. The van der Waals surface area contributed by atoms with Crippen molar-refractivity contribution < 1.29 is 23.1 Å². The molecule has 0 radical (unpaired) electrons. The number of hydrogen-bond acceptors (Lipinski definition) is 4. The molecule has 0 aliphatic carbocycles. The third kappa shape index (κ3) is 3.98. The van der Waals surface area contributed by atoms with Crippen LogP contribution in [0.4, 0.5) is 25.0 Å². The summed E-state index contributed by atoms with van der Waals surface area (Å²) in [6.45, 7) is 5.39. The first-order valence-electron chi connectivity index (χ1n) is 11.6. The van der Waals surface area contributed by atoms with Crippen molar-refractivity contribution in [3.8, 4) is 11.1 Å². The zero-order valence-electron chi connectivity index (χ0n) is 20.0. The number of anilines is 2. The van der Waals surface area contributed by atoms with Gasteiger partial charge in [-0.15, -0.1) is 0 Å². The van der Waals surface area contributed by atoms with Gasteiger partial charge >= 0.3 is 6.09 Å². The molecule has 3 N–H and O–H groups in total. The largest absolute Gasteiger partial charge is 0.443 e. The van der Waals surface area contributed by atoms with Crippen molar-refractivity contribution in [3.63, 3.8) is 0 Å². The van der Waals surface area contributed by atoms with Crippen molar-refractivity contribution in [1.82, 2.24) is 4.98 Å². The number of amides is 1. The van der Waals surface area contributed by atoms with Gasteiger partial charge in [-0.1, -0.05) is 25.1 Å². The molecule has 184 valence electrons. The SMILES string of the molecule is C[C@H]1c2c(cc(F)c(-c3cccc4cc[nH]c34)c2F)NC(C)(C)C1OC(=O)Nc1ccc(C=O)cc1. The maximum Gasteiger partial charge on any atom is 0.411 e. The van der Waals surface area contributed by atoms with Crippen molar-refractivity contribution >= 4 is 34.7 Å². The predicted octanol–water partition coefficient (Wildman–Crippen LogP) is 6.85. The molecule has 0 saturated heterocycles. The Morgan fingerprint density at radius 1 is 1.11 bits per heavy atom. The monoisotopic (exact) mass is 489 g/mol. The van der Waals surface area contributed by atoms with Crippen LogP contribution in [0.2, 0.25) is 0 Å². The molecule has 0 fully saturated rings. The number of carbonyl (C=O) groups excluding carboxylic acids is 2. The Labute approximate surface area is 206 Å². The van der Waals surface area contributed by atoms with Crippen LogP contribution in [0.5, 0.6) is 0 Å². The lowest BCUT2D eigenvalue weighted by atomic mass is 9.77. The van der Waals surface area contributed by atoms with Gasteiger partial charge in [-0.3, -0.25) is 10.1 Å². The van der Waals surface area contributed by atoms with Crippen LogP contribution in [-0.2, 0) is 4.74 Å². The van der Waals surface area contributed by atoms with Gasteiger partial charge in [0, 0.05) is 40.2 Å². The van der Waals surface area contributed by atoms with Gasteiger partial charge in [-0.2, -0.15) is 0 Å². The lowest BCUT2D eigenvalue weighted by Gasteiger charge is -2.44. The van der Waals surface area contributed by atoms with E-state index >= 15 is 8.78 Å². The molecule has 36 heavy (non-hydrogen) atoms. The average Bonchev–Trinajstić information content (AvgIpc) is 3.31. The van der Waals surface area contributed by atoms with E-state index in [1.54, 1.807) is 49.5 Å². The van der Waals surface area contributed by atoms with Crippen molar-refractivity contribution in [3.05, 3.63) is 83.6 Å². The summed E-state index contributed by atoms with van der Waals surface area (Å²) in [7, 11) is 0. The summed E-state index contributed by atoms with van der Waals surface area (Å²) in [5.74, 6) is -1.96. The minimum absolute atomic E-state index is 0.131. The molecule has 0 saturated carbocycles. The molecule has 2 heterocycles. The minimum atomic E-state index is -0.814. The zero-order valence-corrected chi connectivity index (χ0v) is 20.0. The molecule has 2 atom stereocenters. The highest BCUT2D eigenvalue weighted by molar-refractivity contribution is 5.95. The molecule has 6 nitrogen and oxygen atoms in total. The van der Waals surface area contributed by atoms with Gasteiger partial charge in [-0.05, 0) is 55.6 Å². The second-order valence-electron chi connectivity index (χ2n) is 9.58. The predicted molar refractivity (Wildman–Crippen MR) is 135 cm³/mol. The van der Waals surface area contributed by atoms with Crippen molar-refractivity contribution in [2.45, 2.75) is 38.3 Å². The Morgan fingerprint density at radius 3 is 2.58 bits per heavy atom. The number of fused-ring (bicyclic) bond motifs is 2. The molecule has 1 aliphatic rings. The highest BCUT2D eigenvalue weighted by Gasteiger charge is 2.45. The third-order valence-electron chi connectivity index (χ3n) is 6.72. The molecule has 1 amide bonds. The van der Waals surface area contributed by atoms with E-state index < -0.39 is 35.3 Å². The fourth-order valence-electron chi connectivity index (χ4n) is 5.07. The molecule has 1 unspecified atom stereocenters. The van der Waals surface area contributed by atoms with Gasteiger partial charge in [0.25, 0.3) is 0 Å². The fourth-order valence-corrected chi connectivity index (χ4v) is 5.07. The smallest absolute Gasteiger partial charge is 0.411 e. The van der Waals surface area contributed by atoms with Crippen molar-refractivity contribution in [1.29, 1.82) is 0 Å². The molecule has 1 aromatic heterocycles. The molecule has 4 aromatic rings. The van der Waals surface area contributed by atoms with Crippen molar-refractivity contribution in [2.24, 2.45) is 0 Å². The van der Waals surface area contributed by atoms with Crippen LogP contribution < -0.4 is 10.6 Å². The van der Waals surface area contributed by atoms with Crippen LogP contribution in [-0.4, -0.2) is 29.0 Å². The summed E-state index contributed by atoms with van der Waals surface area (Å²) in [5.41, 5.74) is 1.62. The van der Waals surface area contributed by atoms with E-state index in [4.69, 9.17) is 4.74 Å². The van der Waals surface area contributed by atoms with Crippen LogP contribution >= 0.6 is 0 Å². The second-order valence-corrected chi connectivity index (χ2v) is 9.58. The van der Waals surface area contributed by atoms with Gasteiger partial charge < -0.3 is 15.0 Å². The number of para-hydroxylation sites is 1. The Bertz CT molecular complexity index is 1480. The highest BCUT2D eigenvalue weighted by atomic mass is 19.1. The van der Waals surface area contributed by atoms with Gasteiger partial charge in [0.1, 0.15) is 24.0 Å². The minimum Gasteiger partial charge on any atom is -0.443 e. The number of aromatic nitrogens is 1.